The minimum Gasteiger partial charge on any atom is -0.494 e. The van der Waals surface area contributed by atoms with E-state index in [9.17, 15) is 9.59 Å². The van der Waals surface area contributed by atoms with E-state index in [0.717, 1.165) is 54.6 Å². The van der Waals surface area contributed by atoms with Crippen LogP contribution in [0.3, 0.4) is 0 Å². The third-order valence-corrected chi connectivity index (χ3v) is 7.73. The topological polar surface area (TPSA) is 114 Å². The summed E-state index contributed by atoms with van der Waals surface area (Å²) in [6.07, 6.45) is 6.53. The molecule has 0 saturated heterocycles. The average molecular weight is 612 g/mol. The molecule has 0 saturated carbocycles. The summed E-state index contributed by atoms with van der Waals surface area (Å²) in [7, 11) is 7.55. The molecule has 11 nitrogen and oxygen atoms in total. The second kappa shape index (κ2) is 13.4. The molecule has 1 aliphatic heterocycles. The van der Waals surface area contributed by atoms with E-state index < -0.39 is 5.97 Å². The lowest BCUT2D eigenvalue weighted by Crippen LogP contribution is -2.29. The zero-order valence-electron chi connectivity index (χ0n) is 26.8. The highest BCUT2D eigenvalue weighted by molar-refractivity contribution is 6.04. The normalized spacial score (nSPS) is 12.4. The van der Waals surface area contributed by atoms with Crippen LogP contribution in [0, 0.1) is 0 Å². The van der Waals surface area contributed by atoms with Gasteiger partial charge in [0.25, 0.3) is 0 Å². The minimum atomic E-state index is -0.490. The summed E-state index contributed by atoms with van der Waals surface area (Å²) in [5, 5.41) is 7.21. The number of ether oxygens (including phenoxy) is 2. The van der Waals surface area contributed by atoms with E-state index in [1.165, 1.54) is 17.8 Å². The van der Waals surface area contributed by atoms with Gasteiger partial charge in [0.15, 0.2) is 0 Å². The van der Waals surface area contributed by atoms with E-state index in [0.29, 0.717) is 22.8 Å². The van der Waals surface area contributed by atoms with E-state index in [1.807, 2.05) is 52.0 Å². The van der Waals surface area contributed by atoms with Crippen molar-refractivity contribution in [3.05, 3.63) is 66.5 Å². The first-order chi connectivity index (χ1) is 21.6. The molecule has 3 heterocycles. The summed E-state index contributed by atoms with van der Waals surface area (Å²) in [6.45, 7) is 9.64. The number of esters is 1. The van der Waals surface area contributed by atoms with Gasteiger partial charge in [-0.25, -0.2) is 14.8 Å². The first-order valence-corrected chi connectivity index (χ1v) is 15.1. The third-order valence-electron chi connectivity index (χ3n) is 7.73. The number of hydrogen-bond acceptors (Lipinski definition) is 9. The number of benzene rings is 2. The second-order valence-electron chi connectivity index (χ2n) is 11.7. The molecule has 5 rings (SSSR count). The highest BCUT2D eigenvalue weighted by atomic mass is 16.5. The Balaban J connectivity index is 1.60. The van der Waals surface area contributed by atoms with Gasteiger partial charge in [0.1, 0.15) is 11.3 Å². The maximum atomic E-state index is 13.3. The first-order valence-electron chi connectivity index (χ1n) is 15.1. The summed E-state index contributed by atoms with van der Waals surface area (Å²) in [4.78, 5) is 39.2. The maximum absolute atomic E-state index is 13.3. The molecule has 2 aromatic carbocycles. The number of hydrogen-bond donors (Lipinski definition) is 2. The van der Waals surface area contributed by atoms with Gasteiger partial charge in [-0.3, -0.25) is 4.79 Å². The van der Waals surface area contributed by atoms with Crippen LogP contribution in [0.2, 0.25) is 0 Å². The number of carbonyl (C=O) groups excluding carboxylic acids is 2. The fraction of sp³-hybridized carbons (Fsp3) is 0.353. The van der Waals surface area contributed by atoms with Crippen LogP contribution in [0.1, 0.15) is 36.2 Å². The van der Waals surface area contributed by atoms with Gasteiger partial charge in [-0.1, -0.05) is 24.8 Å². The van der Waals surface area contributed by atoms with E-state index in [4.69, 9.17) is 14.5 Å². The molecule has 0 spiro atoms. The van der Waals surface area contributed by atoms with Crippen molar-refractivity contribution in [2.75, 3.05) is 56.9 Å². The lowest BCUT2D eigenvalue weighted by molar-refractivity contribution is -0.111. The molecule has 0 atom stereocenters. The van der Waals surface area contributed by atoms with Gasteiger partial charge >= 0.3 is 5.97 Å². The van der Waals surface area contributed by atoms with Gasteiger partial charge in [0.2, 0.25) is 11.9 Å². The Morgan fingerprint density at radius 3 is 2.67 bits per heavy atom. The molecular weight excluding hydrogens is 570 g/mol. The number of methoxy groups -OCH3 is 1. The fourth-order valence-corrected chi connectivity index (χ4v) is 5.54. The third kappa shape index (κ3) is 6.78. The van der Waals surface area contributed by atoms with Gasteiger partial charge in [-0.2, -0.15) is 0 Å². The number of para-hydroxylation sites is 1. The number of aromatic nitrogens is 3. The number of amides is 1. The zero-order chi connectivity index (χ0) is 32.2. The first kappa shape index (κ1) is 31.5. The van der Waals surface area contributed by atoms with E-state index >= 15 is 0 Å². The Bertz CT molecular complexity index is 1740. The van der Waals surface area contributed by atoms with Crippen molar-refractivity contribution in [1.29, 1.82) is 0 Å². The monoisotopic (exact) mass is 611 g/mol. The number of anilines is 4. The SMILES string of the molecule is C=CC(=O)Nc1cc(Nc2ncc(C(=O)OC(C)C)c(-c3cn4c5c(cccc35)CCC4)n2)c(OC)cc1N(C)CCN(C)C. The van der Waals surface area contributed by atoms with Gasteiger partial charge in [0.05, 0.1) is 41.5 Å². The van der Waals surface area contributed by atoms with E-state index in [1.54, 1.807) is 13.2 Å². The number of aryl methyl sites for hydroxylation is 2. The van der Waals surface area contributed by atoms with Gasteiger partial charge in [0, 0.05) is 56.1 Å². The van der Waals surface area contributed by atoms with Crippen LogP contribution in [0.15, 0.2) is 55.4 Å². The van der Waals surface area contributed by atoms with Gasteiger partial charge in [-0.05, 0) is 58.5 Å². The molecule has 2 N–H and O–H groups in total. The molecule has 236 valence electrons. The summed E-state index contributed by atoms with van der Waals surface area (Å²) in [6, 6.07) is 9.90. The summed E-state index contributed by atoms with van der Waals surface area (Å²) in [5.41, 5.74) is 5.90. The van der Waals surface area contributed by atoms with Crippen LogP contribution in [0.4, 0.5) is 23.0 Å². The van der Waals surface area contributed by atoms with Crippen LogP contribution in [-0.2, 0) is 22.5 Å². The van der Waals surface area contributed by atoms with Crippen molar-refractivity contribution < 1.29 is 19.1 Å². The molecule has 2 aromatic heterocycles. The van der Waals surface area contributed by atoms with Gasteiger partial charge < -0.3 is 34.5 Å². The van der Waals surface area contributed by atoms with E-state index in [-0.39, 0.29) is 23.5 Å². The molecular formula is C34H41N7O4. The molecule has 0 fully saturated rings. The quantitative estimate of drug-likeness (QED) is 0.159. The summed E-state index contributed by atoms with van der Waals surface area (Å²) >= 11 is 0. The van der Waals surface area contributed by atoms with Crippen molar-refractivity contribution in [3.63, 3.8) is 0 Å². The van der Waals surface area contributed by atoms with Crippen LogP contribution in [0.25, 0.3) is 22.2 Å². The highest BCUT2D eigenvalue weighted by Crippen LogP contribution is 2.39. The molecule has 0 unspecified atom stereocenters. The van der Waals surface area contributed by atoms with E-state index in [2.05, 4.69) is 50.0 Å². The molecule has 1 aliphatic rings. The predicted octanol–water partition coefficient (Wildman–Crippen LogP) is 5.48. The lowest BCUT2D eigenvalue weighted by atomic mass is 10.0. The Kier molecular flexibility index (Phi) is 9.38. The Hall–Kier alpha value is -4.90. The number of rotatable bonds is 12. The largest absolute Gasteiger partial charge is 0.494 e. The number of nitrogens with zero attached hydrogens (tertiary/aromatic N) is 5. The fourth-order valence-electron chi connectivity index (χ4n) is 5.54. The van der Waals surface area contributed by atoms with Crippen molar-refractivity contribution in [3.8, 4) is 17.0 Å². The molecule has 4 aromatic rings. The van der Waals surface area contributed by atoms with Gasteiger partial charge in [-0.15, -0.1) is 0 Å². The number of carbonyl (C=O) groups is 2. The lowest BCUT2D eigenvalue weighted by Gasteiger charge is -2.26. The molecule has 0 radical (unpaired) electrons. The Morgan fingerprint density at radius 1 is 1.16 bits per heavy atom. The smallest absolute Gasteiger partial charge is 0.342 e. The summed E-state index contributed by atoms with van der Waals surface area (Å²) in [5.74, 6) is -0.0476. The molecule has 0 bridgehead atoms. The van der Waals surface area contributed by atoms with Crippen molar-refractivity contribution >= 4 is 45.8 Å². The van der Waals surface area contributed by atoms with Crippen molar-refractivity contribution in [1.82, 2.24) is 19.4 Å². The van der Waals surface area contributed by atoms with Crippen LogP contribution in [0.5, 0.6) is 5.75 Å². The average Bonchev–Trinajstić information content (AvgIpc) is 3.39. The molecule has 11 heteroatoms. The number of likely N-dealkylation sites (N-methyl/N-ethyl adjacent to an activating group) is 2. The minimum absolute atomic E-state index is 0.256. The maximum Gasteiger partial charge on any atom is 0.342 e. The second-order valence-corrected chi connectivity index (χ2v) is 11.7. The number of nitrogens with one attached hydrogen (secondary N) is 2. The highest BCUT2D eigenvalue weighted by Gasteiger charge is 2.25. The predicted molar refractivity (Wildman–Crippen MR) is 179 cm³/mol. The molecule has 45 heavy (non-hydrogen) atoms. The van der Waals surface area contributed by atoms with Crippen LogP contribution in [-0.4, -0.2) is 78.8 Å². The molecule has 0 aliphatic carbocycles. The van der Waals surface area contributed by atoms with Crippen molar-refractivity contribution in [2.24, 2.45) is 0 Å². The van der Waals surface area contributed by atoms with Crippen molar-refractivity contribution in [2.45, 2.75) is 39.3 Å². The van der Waals surface area contributed by atoms with Crippen LogP contribution < -0.4 is 20.3 Å². The molecule has 1 amide bonds. The Labute approximate surface area is 263 Å². The zero-order valence-corrected chi connectivity index (χ0v) is 26.8. The standard InChI is InChI=1S/C34H41N7O4/c1-8-30(42)36-26-17-27(29(44-7)18-28(26)40(6)16-15-39(4)5)37-34-35-19-24(33(43)45-21(2)3)31(38-34)25-20-41-14-10-12-22-11-9-13-23(25)32(22)41/h8-9,11,13,17-21H,1,10,12,14-16H2,2-7H3,(H,36,42)(H,35,37,38). The summed E-state index contributed by atoms with van der Waals surface area (Å²) < 4.78 is 13.6. The van der Waals surface area contributed by atoms with Crippen LogP contribution >= 0.6 is 0 Å². The Morgan fingerprint density at radius 2 is 1.96 bits per heavy atom.